The Morgan fingerprint density at radius 2 is 2.25 bits per heavy atom. The Bertz CT molecular complexity index is 562. The van der Waals surface area contributed by atoms with Gasteiger partial charge in [-0.3, -0.25) is 0 Å². The van der Waals surface area contributed by atoms with E-state index in [-0.39, 0.29) is 18.6 Å². The zero-order valence-corrected chi connectivity index (χ0v) is 11.2. The third kappa shape index (κ3) is 3.10. The Kier molecular flexibility index (Phi) is 4.63. The van der Waals surface area contributed by atoms with Crippen molar-refractivity contribution < 1.29 is 14.3 Å². The quantitative estimate of drug-likeness (QED) is 0.357. The van der Waals surface area contributed by atoms with Crippen LogP contribution in [-0.4, -0.2) is 25.2 Å². The fourth-order valence-electron chi connectivity index (χ4n) is 2.06. The molecule has 0 fully saturated rings. The molecule has 6 nitrogen and oxygen atoms in total. The van der Waals surface area contributed by atoms with Gasteiger partial charge in [0.1, 0.15) is 11.9 Å². The molecule has 0 amide bonds. The Hall–Kier alpha value is -2.46. The number of carbonyl (C=O) groups excluding carboxylic acids is 1. The molecule has 1 aliphatic heterocycles. The van der Waals surface area contributed by atoms with Gasteiger partial charge in [-0.15, -0.1) is 0 Å². The van der Waals surface area contributed by atoms with E-state index in [1.807, 2.05) is 30.3 Å². The van der Waals surface area contributed by atoms with Gasteiger partial charge in [0.15, 0.2) is 0 Å². The molecule has 1 unspecified atom stereocenters. The highest BCUT2D eigenvalue weighted by Gasteiger charge is 2.31. The molecule has 0 saturated carbocycles. The summed E-state index contributed by atoms with van der Waals surface area (Å²) < 4.78 is 10.8. The first-order chi connectivity index (χ1) is 9.76. The number of azide groups is 1. The number of hydrogen-bond acceptors (Lipinski definition) is 4. The lowest BCUT2D eigenvalue weighted by atomic mass is 10.1. The number of ether oxygens (including phenoxy) is 2. The lowest BCUT2D eigenvalue weighted by molar-refractivity contribution is -0.138. The lowest BCUT2D eigenvalue weighted by Crippen LogP contribution is -2.12. The van der Waals surface area contributed by atoms with Gasteiger partial charge in [0, 0.05) is 16.9 Å². The van der Waals surface area contributed by atoms with Gasteiger partial charge in [0.2, 0.25) is 0 Å². The van der Waals surface area contributed by atoms with Crippen molar-refractivity contribution in [3.05, 3.63) is 51.9 Å². The Morgan fingerprint density at radius 1 is 1.50 bits per heavy atom. The van der Waals surface area contributed by atoms with Crippen LogP contribution >= 0.6 is 0 Å². The van der Waals surface area contributed by atoms with Gasteiger partial charge in [0.25, 0.3) is 0 Å². The largest absolute Gasteiger partial charge is 0.489 e. The number of esters is 1. The number of benzene rings is 1. The van der Waals surface area contributed by atoms with Crippen LogP contribution in [0.4, 0.5) is 0 Å². The van der Waals surface area contributed by atoms with Crippen LogP contribution < -0.4 is 0 Å². The average molecular weight is 273 g/mol. The zero-order chi connectivity index (χ0) is 14.4. The van der Waals surface area contributed by atoms with Crippen molar-refractivity contribution in [2.75, 3.05) is 13.2 Å². The molecule has 0 aliphatic carbocycles. The van der Waals surface area contributed by atoms with Gasteiger partial charge < -0.3 is 9.47 Å². The molecule has 20 heavy (non-hydrogen) atoms. The van der Waals surface area contributed by atoms with Crippen LogP contribution in [0.1, 0.15) is 18.9 Å². The summed E-state index contributed by atoms with van der Waals surface area (Å²) in [7, 11) is 0. The van der Waals surface area contributed by atoms with E-state index in [0.717, 1.165) is 5.56 Å². The minimum Gasteiger partial charge on any atom is -0.489 e. The predicted octanol–water partition coefficient (Wildman–Crippen LogP) is 3.06. The van der Waals surface area contributed by atoms with Gasteiger partial charge in [-0.25, -0.2) is 4.79 Å². The third-order valence-electron chi connectivity index (χ3n) is 2.90. The van der Waals surface area contributed by atoms with Crippen molar-refractivity contribution in [1.29, 1.82) is 0 Å². The SMILES string of the molecule is CCOC(=O)C1=C(c2ccccc2)OC(CN=[N+]=[N-])C1. The fourth-order valence-corrected chi connectivity index (χ4v) is 2.06. The molecule has 2 rings (SSSR count). The maximum atomic E-state index is 12.0. The van der Waals surface area contributed by atoms with Gasteiger partial charge in [-0.1, -0.05) is 35.4 Å². The molecule has 1 aromatic carbocycles. The molecule has 1 heterocycles. The van der Waals surface area contributed by atoms with Gasteiger partial charge in [-0.2, -0.15) is 0 Å². The molecule has 104 valence electrons. The van der Waals surface area contributed by atoms with Crippen LogP contribution in [-0.2, 0) is 14.3 Å². The molecule has 0 spiro atoms. The summed E-state index contributed by atoms with van der Waals surface area (Å²) in [6.45, 7) is 2.26. The van der Waals surface area contributed by atoms with E-state index < -0.39 is 0 Å². The summed E-state index contributed by atoms with van der Waals surface area (Å²) in [5.74, 6) is 0.136. The Balaban J connectivity index is 2.27. The minimum absolute atomic E-state index is 0.190. The maximum Gasteiger partial charge on any atom is 0.337 e. The van der Waals surface area contributed by atoms with E-state index >= 15 is 0 Å². The molecule has 0 aromatic heterocycles. The number of rotatable bonds is 5. The molecular formula is C14H15N3O3. The van der Waals surface area contributed by atoms with Crippen molar-refractivity contribution in [2.45, 2.75) is 19.4 Å². The monoisotopic (exact) mass is 273 g/mol. The topological polar surface area (TPSA) is 84.3 Å². The van der Waals surface area contributed by atoms with E-state index in [0.29, 0.717) is 24.4 Å². The van der Waals surface area contributed by atoms with Crippen molar-refractivity contribution in [1.82, 2.24) is 0 Å². The first-order valence-corrected chi connectivity index (χ1v) is 6.39. The van der Waals surface area contributed by atoms with Gasteiger partial charge in [0.05, 0.1) is 18.7 Å². The van der Waals surface area contributed by atoms with E-state index in [1.165, 1.54) is 0 Å². The number of hydrogen-bond donors (Lipinski definition) is 0. The summed E-state index contributed by atoms with van der Waals surface area (Å²) >= 11 is 0. The molecule has 0 bridgehead atoms. The third-order valence-corrected chi connectivity index (χ3v) is 2.90. The van der Waals surface area contributed by atoms with Crippen LogP contribution in [0, 0.1) is 0 Å². The molecule has 6 heteroatoms. The van der Waals surface area contributed by atoms with E-state index in [1.54, 1.807) is 6.92 Å². The summed E-state index contributed by atoms with van der Waals surface area (Å²) in [4.78, 5) is 14.7. The van der Waals surface area contributed by atoms with E-state index in [9.17, 15) is 4.79 Å². The van der Waals surface area contributed by atoms with E-state index in [4.69, 9.17) is 15.0 Å². The van der Waals surface area contributed by atoms with Crippen LogP contribution in [0.15, 0.2) is 41.0 Å². The van der Waals surface area contributed by atoms with E-state index in [2.05, 4.69) is 10.0 Å². The first kappa shape index (κ1) is 14.0. The van der Waals surface area contributed by atoms with Crippen LogP contribution in [0.3, 0.4) is 0 Å². The predicted molar refractivity (Wildman–Crippen MR) is 73.5 cm³/mol. The van der Waals surface area contributed by atoms with Crippen LogP contribution in [0.25, 0.3) is 16.2 Å². The Labute approximate surface area is 116 Å². The van der Waals surface area contributed by atoms with Gasteiger partial charge >= 0.3 is 5.97 Å². The second kappa shape index (κ2) is 6.63. The molecule has 1 aliphatic rings. The molecular weight excluding hydrogens is 258 g/mol. The standard InChI is InChI=1S/C14H15N3O3/c1-2-19-14(18)12-8-11(9-16-17-15)20-13(12)10-6-4-3-5-7-10/h3-7,11H,2,8-9H2,1H3. The zero-order valence-electron chi connectivity index (χ0n) is 11.2. The molecule has 1 aromatic rings. The molecule has 0 radical (unpaired) electrons. The second-order valence-corrected chi connectivity index (χ2v) is 4.25. The van der Waals surface area contributed by atoms with Crippen molar-refractivity contribution in [3.63, 3.8) is 0 Å². The summed E-state index contributed by atoms with van der Waals surface area (Å²) in [6, 6.07) is 9.36. The summed E-state index contributed by atoms with van der Waals surface area (Å²) in [5.41, 5.74) is 9.68. The normalized spacial score (nSPS) is 17.4. The summed E-state index contributed by atoms with van der Waals surface area (Å²) in [5, 5.41) is 3.50. The highest BCUT2D eigenvalue weighted by Crippen LogP contribution is 2.33. The van der Waals surface area contributed by atoms with Crippen molar-refractivity contribution in [2.24, 2.45) is 5.11 Å². The number of carbonyl (C=O) groups is 1. The average Bonchev–Trinajstić information content (AvgIpc) is 2.90. The highest BCUT2D eigenvalue weighted by molar-refractivity contribution is 5.97. The highest BCUT2D eigenvalue weighted by atomic mass is 16.5. The van der Waals surface area contributed by atoms with Crippen molar-refractivity contribution in [3.8, 4) is 0 Å². The Morgan fingerprint density at radius 3 is 2.90 bits per heavy atom. The number of nitrogens with zero attached hydrogens (tertiary/aromatic N) is 3. The van der Waals surface area contributed by atoms with Gasteiger partial charge in [-0.05, 0) is 12.5 Å². The molecule has 0 N–H and O–H groups in total. The minimum atomic E-state index is -0.380. The second-order valence-electron chi connectivity index (χ2n) is 4.25. The fraction of sp³-hybridized carbons (Fsp3) is 0.357. The smallest absolute Gasteiger partial charge is 0.337 e. The lowest BCUT2D eigenvalue weighted by Gasteiger charge is -2.10. The maximum absolute atomic E-state index is 12.0. The summed E-state index contributed by atoms with van der Waals surface area (Å²) in [6.07, 6.45) is 0.0720. The van der Waals surface area contributed by atoms with Crippen LogP contribution in [0.5, 0.6) is 0 Å². The molecule has 1 atom stereocenters. The molecule has 0 saturated heterocycles. The van der Waals surface area contributed by atoms with Crippen molar-refractivity contribution >= 4 is 11.7 Å². The first-order valence-electron chi connectivity index (χ1n) is 6.39. The van der Waals surface area contributed by atoms with Crippen LogP contribution in [0.2, 0.25) is 0 Å².